The third-order valence-corrected chi connectivity index (χ3v) is 6.56. The van der Waals surface area contributed by atoms with Crippen LogP contribution >= 0.6 is 0 Å². The van der Waals surface area contributed by atoms with Gasteiger partial charge in [0.05, 0.1) is 0 Å². The molecule has 1 saturated heterocycles. The SMILES string of the molecule is O=S(=O)([O-])C(F)(F)F.Oc1ccc2c([S+]3CCCC3)cccc2c1. The first-order valence-electron chi connectivity index (χ1n) is 7.01. The van der Waals surface area contributed by atoms with E-state index in [1.807, 2.05) is 6.07 Å². The molecule has 132 valence electrons. The van der Waals surface area contributed by atoms with Crippen molar-refractivity contribution in [2.45, 2.75) is 23.2 Å². The van der Waals surface area contributed by atoms with Gasteiger partial charge in [-0.1, -0.05) is 12.1 Å². The summed E-state index contributed by atoms with van der Waals surface area (Å²) in [4.78, 5) is 1.50. The number of fused-ring (bicyclic) bond motifs is 1. The van der Waals surface area contributed by atoms with Gasteiger partial charge in [0.2, 0.25) is 0 Å². The Morgan fingerprint density at radius 3 is 2.21 bits per heavy atom. The fourth-order valence-corrected chi connectivity index (χ4v) is 4.88. The number of phenolic OH excluding ortho intramolecular Hbond substituents is 1. The van der Waals surface area contributed by atoms with Crippen LogP contribution in [-0.2, 0) is 21.0 Å². The molecule has 24 heavy (non-hydrogen) atoms. The molecule has 9 heteroatoms. The Morgan fingerprint density at radius 2 is 1.67 bits per heavy atom. The topological polar surface area (TPSA) is 77.4 Å². The summed E-state index contributed by atoms with van der Waals surface area (Å²) in [6, 6.07) is 12.2. The number of aromatic hydroxyl groups is 1. The van der Waals surface area contributed by atoms with E-state index in [4.69, 9.17) is 13.0 Å². The van der Waals surface area contributed by atoms with Gasteiger partial charge in [0.1, 0.15) is 17.3 Å². The second kappa shape index (κ2) is 7.20. The monoisotopic (exact) mass is 380 g/mol. The van der Waals surface area contributed by atoms with E-state index in [-0.39, 0.29) is 0 Å². The van der Waals surface area contributed by atoms with Crippen molar-refractivity contribution in [3.05, 3.63) is 36.4 Å². The average molecular weight is 380 g/mol. The van der Waals surface area contributed by atoms with Crippen LogP contribution in [0.15, 0.2) is 41.3 Å². The Labute approximate surface area is 140 Å². The fraction of sp³-hybridized carbons (Fsp3) is 0.333. The Hall–Kier alpha value is -1.45. The lowest BCUT2D eigenvalue weighted by Gasteiger charge is -2.08. The molecule has 1 fully saturated rings. The molecular formula is C15H15F3O4S2. The van der Waals surface area contributed by atoms with Gasteiger partial charge in [-0.3, -0.25) is 0 Å². The average Bonchev–Trinajstić information content (AvgIpc) is 2.98. The van der Waals surface area contributed by atoms with Gasteiger partial charge in [0.15, 0.2) is 15.0 Å². The zero-order valence-electron chi connectivity index (χ0n) is 12.4. The van der Waals surface area contributed by atoms with E-state index in [0.29, 0.717) is 16.6 Å². The zero-order chi connectivity index (χ0) is 18.0. The quantitative estimate of drug-likeness (QED) is 0.467. The van der Waals surface area contributed by atoms with E-state index in [1.165, 1.54) is 34.6 Å². The van der Waals surface area contributed by atoms with Gasteiger partial charge in [-0.05, 0) is 42.5 Å². The molecule has 3 rings (SSSR count). The second-order valence-electron chi connectivity index (χ2n) is 5.17. The van der Waals surface area contributed by atoms with Gasteiger partial charge in [-0.2, -0.15) is 13.2 Å². The lowest BCUT2D eigenvalue weighted by atomic mass is 10.1. The molecule has 0 radical (unpaired) electrons. The van der Waals surface area contributed by atoms with Crippen LogP contribution in [0.2, 0.25) is 0 Å². The third kappa shape index (κ3) is 4.55. The Bertz CT molecular complexity index is 813. The maximum atomic E-state index is 10.7. The summed E-state index contributed by atoms with van der Waals surface area (Å²) >= 11 is 0. The van der Waals surface area contributed by atoms with Crippen LogP contribution in [0.5, 0.6) is 5.75 Å². The highest BCUT2D eigenvalue weighted by molar-refractivity contribution is 7.97. The van der Waals surface area contributed by atoms with Crippen molar-refractivity contribution in [2.24, 2.45) is 0 Å². The molecule has 0 amide bonds. The second-order valence-corrected chi connectivity index (χ2v) is 8.78. The van der Waals surface area contributed by atoms with Gasteiger partial charge in [-0.25, -0.2) is 8.42 Å². The largest absolute Gasteiger partial charge is 0.741 e. The lowest BCUT2D eigenvalue weighted by molar-refractivity contribution is -0.0517. The van der Waals surface area contributed by atoms with Crippen LogP contribution < -0.4 is 0 Å². The smallest absolute Gasteiger partial charge is 0.485 e. The van der Waals surface area contributed by atoms with Crippen molar-refractivity contribution >= 4 is 31.8 Å². The predicted molar refractivity (Wildman–Crippen MR) is 86.0 cm³/mol. The number of hydrogen-bond acceptors (Lipinski definition) is 4. The first-order chi connectivity index (χ1) is 11.1. The molecule has 4 nitrogen and oxygen atoms in total. The molecule has 0 atom stereocenters. The summed E-state index contributed by atoms with van der Waals surface area (Å²) in [5, 5.41) is 12.0. The molecule has 0 saturated carbocycles. The van der Waals surface area contributed by atoms with Gasteiger partial charge in [0.25, 0.3) is 0 Å². The lowest BCUT2D eigenvalue weighted by Crippen LogP contribution is -2.21. The maximum absolute atomic E-state index is 10.7. The first-order valence-corrected chi connectivity index (χ1v) is 9.98. The first kappa shape index (κ1) is 18.9. The predicted octanol–water partition coefficient (Wildman–Crippen LogP) is 3.37. The van der Waals surface area contributed by atoms with Crippen LogP contribution in [-0.4, -0.2) is 35.1 Å². The molecule has 0 spiro atoms. The van der Waals surface area contributed by atoms with Crippen molar-refractivity contribution < 1.29 is 31.2 Å². The third-order valence-electron chi connectivity index (χ3n) is 3.45. The summed E-state index contributed by atoms with van der Waals surface area (Å²) in [6.07, 6.45) is 2.75. The van der Waals surface area contributed by atoms with E-state index >= 15 is 0 Å². The number of benzene rings is 2. The molecule has 1 heterocycles. The van der Waals surface area contributed by atoms with E-state index in [1.54, 1.807) is 6.07 Å². The maximum Gasteiger partial charge on any atom is 0.485 e. The summed E-state index contributed by atoms with van der Waals surface area (Å²) in [7, 11) is -5.64. The zero-order valence-corrected chi connectivity index (χ0v) is 14.0. The van der Waals surface area contributed by atoms with Crippen molar-refractivity contribution in [2.75, 3.05) is 11.5 Å². The molecule has 2 aromatic rings. The van der Waals surface area contributed by atoms with E-state index in [0.717, 1.165) is 5.39 Å². The molecule has 0 aliphatic carbocycles. The van der Waals surface area contributed by atoms with Gasteiger partial charge >= 0.3 is 5.51 Å². The molecule has 1 aliphatic rings. The molecule has 1 aliphatic heterocycles. The van der Waals surface area contributed by atoms with E-state index < -0.39 is 15.6 Å². The van der Waals surface area contributed by atoms with E-state index in [2.05, 4.69) is 24.3 Å². The van der Waals surface area contributed by atoms with Crippen LogP contribution in [0.3, 0.4) is 0 Å². The molecular weight excluding hydrogens is 365 g/mol. The normalized spacial score (nSPS) is 16.0. The molecule has 0 bridgehead atoms. The van der Waals surface area contributed by atoms with Crippen molar-refractivity contribution in [1.29, 1.82) is 0 Å². The Balaban J connectivity index is 0.000000224. The molecule has 0 aromatic heterocycles. The number of alkyl halides is 3. The van der Waals surface area contributed by atoms with Crippen LogP contribution in [0.1, 0.15) is 12.8 Å². The minimum atomic E-state index is -6.09. The highest BCUT2D eigenvalue weighted by Gasteiger charge is 2.36. The Kier molecular flexibility index (Phi) is 5.67. The highest BCUT2D eigenvalue weighted by atomic mass is 32.2. The van der Waals surface area contributed by atoms with Gasteiger partial charge in [0, 0.05) is 16.3 Å². The minimum Gasteiger partial charge on any atom is -0.741 e. The summed E-state index contributed by atoms with van der Waals surface area (Å²) in [5.41, 5.74) is -5.65. The fourth-order valence-electron chi connectivity index (χ4n) is 2.37. The number of phenols is 1. The molecule has 2 aromatic carbocycles. The standard InChI is InChI=1S/C14H14OS.CHF3O3S/c15-12-6-7-13-11(10-12)4-3-5-14(13)16-8-1-2-9-16;2-1(3,4)8(5,6)7/h3-7,10H,1-2,8-9H2;(H,5,6,7). The minimum absolute atomic E-state index is 0.361. The highest BCUT2D eigenvalue weighted by Crippen LogP contribution is 2.31. The molecule has 1 N–H and O–H groups in total. The molecule has 0 unspecified atom stereocenters. The summed E-state index contributed by atoms with van der Waals surface area (Å²) < 4.78 is 58.9. The van der Waals surface area contributed by atoms with Crippen LogP contribution in [0.25, 0.3) is 10.8 Å². The number of halogens is 3. The van der Waals surface area contributed by atoms with Crippen LogP contribution in [0, 0.1) is 0 Å². The van der Waals surface area contributed by atoms with Gasteiger partial charge < -0.3 is 9.66 Å². The van der Waals surface area contributed by atoms with Gasteiger partial charge in [-0.15, -0.1) is 0 Å². The summed E-state index contributed by atoms with van der Waals surface area (Å²) in [5.74, 6) is 3.05. The van der Waals surface area contributed by atoms with E-state index in [9.17, 15) is 18.3 Å². The van der Waals surface area contributed by atoms with Crippen molar-refractivity contribution in [3.8, 4) is 5.75 Å². The number of rotatable bonds is 1. The Morgan fingerprint density at radius 1 is 1.08 bits per heavy atom. The summed E-state index contributed by atoms with van der Waals surface area (Å²) in [6.45, 7) is 0. The van der Waals surface area contributed by atoms with Crippen molar-refractivity contribution in [3.63, 3.8) is 0 Å². The van der Waals surface area contributed by atoms with Crippen molar-refractivity contribution in [1.82, 2.24) is 0 Å². The van der Waals surface area contributed by atoms with Crippen LogP contribution in [0.4, 0.5) is 13.2 Å². The number of hydrogen-bond donors (Lipinski definition) is 1.